The molecule has 0 unspecified atom stereocenters. The van der Waals surface area contributed by atoms with E-state index in [4.69, 9.17) is 0 Å². The molecule has 1 aliphatic rings. The summed E-state index contributed by atoms with van der Waals surface area (Å²) in [5, 5.41) is 8.30. The fraction of sp³-hybridized carbons (Fsp3) is 0.100. The number of guanidine groups is 1. The van der Waals surface area contributed by atoms with E-state index in [0.717, 1.165) is 0 Å². The average Bonchev–Trinajstić information content (AvgIpc) is 3.06. The molecule has 0 radical (unpaired) electrons. The van der Waals surface area contributed by atoms with Crippen LogP contribution in [-0.2, 0) is 11.3 Å². The molecule has 3 aromatic carbocycles. The molecule has 0 fully saturated rings. The van der Waals surface area contributed by atoms with E-state index in [2.05, 4.69) is 76.3 Å². The Kier molecular flexibility index (Phi) is 4.39. The van der Waals surface area contributed by atoms with Gasteiger partial charge >= 0.3 is 0 Å². The van der Waals surface area contributed by atoms with Gasteiger partial charge in [-0.25, -0.2) is 4.99 Å². The summed E-state index contributed by atoms with van der Waals surface area (Å²) in [4.78, 5) is 17.8. The van der Waals surface area contributed by atoms with Crippen molar-refractivity contribution in [3.8, 4) is 0 Å². The minimum atomic E-state index is -0.0667. The van der Waals surface area contributed by atoms with Crippen LogP contribution in [0.1, 0.15) is 5.56 Å². The standard InChI is InChI=1S/C20H17N3OS/c24-19-13-22-20(23-19)21-12-15-6-4-5-14-11-17(9-10-18(14)15)25-16-7-2-1-3-8-16/h1-11H,12-13H2,(H2,21,22,23,24). The first-order valence-corrected chi connectivity index (χ1v) is 8.92. The second kappa shape index (κ2) is 6.99. The van der Waals surface area contributed by atoms with Crippen LogP contribution in [0.15, 0.2) is 81.5 Å². The minimum Gasteiger partial charge on any atom is -0.352 e. The first-order chi connectivity index (χ1) is 12.3. The van der Waals surface area contributed by atoms with Crippen LogP contribution < -0.4 is 10.6 Å². The van der Waals surface area contributed by atoms with Crippen molar-refractivity contribution in [1.29, 1.82) is 0 Å². The van der Waals surface area contributed by atoms with Crippen molar-refractivity contribution in [3.63, 3.8) is 0 Å². The number of amides is 1. The van der Waals surface area contributed by atoms with Gasteiger partial charge in [0.25, 0.3) is 0 Å². The zero-order valence-corrected chi connectivity index (χ0v) is 14.3. The number of carbonyl (C=O) groups is 1. The third-order valence-corrected chi connectivity index (χ3v) is 5.00. The molecule has 0 aliphatic carbocycles. The van der Waals surface area contributed by atoms with E-state index < -0.39 is 0 Å². The van der Waals surface area contributed by atoms with Crippen LogP contribution in [0.25, 0.3) is 10.8 Å². The summed E-state index contributed by atoms with van der Waals surface area (Å²) in [6, 6.07) is 23.2. The van der Waals surface area contributed by atoms with Crippen LogP contribution in [0, 0.1) is 0 Å². The van der Waals surface area contributed by atoms with Gasteiger partial charge in [-0.15, -0.1) is 0 Å². The molecule has 0 spiro atoms. The van der Waals surface area contributed by atoms with Crippen LogP contribution >= 0.6 is 11.8 Å². The molecule has 25 heavy (non-hydrogen) atoms. The average molecular weight is 347 g/mol. The van der Waals surface area contributed by atoms with Crippen molar-refractivity contribution >= 4 is 34.4 Å². The first kappa shape index (κ1) is 15.7. The lowest BCUT2D eigenvalue weighted by molar-refractivity contribution is -0.117. The van der Waals surface area contributed by atoms with Crippen LogP contribution in [0.3, 0.4) is 0 Å². The second-order valence-corrected chi connectivity index (χ2v) is 6.93. The second-order valence-electron chi connectivity index (χ2n) is 5.78. The molecule has 0 aromatic heterocycles. The maximum atomic E-state index is 11.2. The lowest BCUT2D eigenvalue weighted by Crippen LogP contribution is -2.35. The predicted molar refractivity (Wildman–Crippen MR) is 102 cm³/mol. The highest BCUT2D eigenvalue weighted by Crippen LogP contribution is 2.30. The Labute approximate surface area is 150 Å². The monoisotopic (exact) mass is 347 g/mol. The van der Waals surface area contributed by atoms with E-state index >= 15 is 0 Å². The molecular formula is C20H17N3OS. The minimum absolute atomic E-state index is 0.0667. The van der Waals surface area contributed by atoms with Crippen molar-refractivity contribution in [3.05, 3.63) is 72.3 Å². The number of aliphatic imine (C=N–C) groups is 1. The van der Waals surface area contributed by atoms with E-state index in [1.165, 1.54) is 26.1 Å². The summed E-state index contributed by atoms with van der Waals surface area (Å²) in [7, 11) is 0. The molecule has 5 heteroatoms. The third kappa shape index (κ3) is 3.67. The number of nitrogens with one attached hydrogen (secondary N) is 2. The zero-order valence-electron chi connectivity index (χ0n) is 13.5. The molecule has 0 saturated heterocycles. The molecule has 124 valence electrons. The fourth-order valence-electron chi connectivity index (χ4n) is 2.81. The van der Waals surface area contributed by atoms with Gasteiger partial charge in [0, 0.05) is 16.3 Å². The summed E-state index contributed by atoms with van der Waals surface area (Å²) >= 11 is 1.76. The SMILES string of the molecule is O=C1CN=C(NCc2cccc3cc(Sc4ccccc4)ccc23)N1. The van der Waals surface area contributed by atoms with E-state index in [9.17, 15) is 4.79 Å². The number of benzene rings is 3. The van der Waals surface area contributed by atoms with Crippen molar-refractivity contribution < 1.29 is 4.79 Å². The molecule has 1 aliphatic heterocycles. The number of carbonyl (C=O) groups excluding carboxylic acids is 1. The Hall–Kier alpha value is -2.79. The lowest BCUT2D eigenvalue weighted by Gasteiger charge is -2.10. The van der Waals surface area contributed by atoms with E-state index in [-0.39, 0.29) is 12.5 Å². The van der Waals surface area contributed by atoms with Crippen molar-refractivity contribution in [2.45, 2.75) is 16.3 Å². The molecular weight excluding hydrogens is 330 g/mol. The van der Waals surface area contributed by atoms with Gasteiger partial charge in [-0.05, 0) is 40.6 Å². The maximum Gasteiger partial charge on any atom is 0.248 e. The van der Waals surface area contributed by atoms with Gasteiger partial charge < -0.3 is 5.32 Å². The van der Waals surface area contributed by atoms with Crippen LogP contribution in [0.2, 0.25) is 0 Å². The predicted octanol–water partition coefficient (Wildman–Crippen LogP) is 3.57. The molecule has 4 nitrogen and oxygen atoms in total. The number of fused-ring (bicyclic) bond motifs is 1. The van der Waals surface area contributed by atoms with Crippen LogP contribution in [-0.4, -0.2) is 18.4 Å². The Bertz CT molecular complexity index is 954. The smallest absolute Gasteiger partial charge is 0.248 e. The van der Waals surface area contributed by atoms with Gasteiger partial charge in [0.2, 0.25) is 5.91 Å². The fourth-order valence-corrected chi connectivity index (χ4v) is 3.70. The Morgan fingerprint density at radius 1 is 1.00 bits per heavy atom. The molecule has 4 rings (SSSR count). The van der Waals surface area contributed by atoms with Gasteiger partial charge in [-0.1, -0.05) is 54.2 Å². The first-order valence-electron chi connectivity index (χ1n) is 8.11. The summed E-state index contributed by atoms with van der Waals surface area (Å²) in [5.74, 6) is 0.487. The Morgan fingerprint density at radius 2 is 1.88 bits per heavy atom. The Morgan fingerprint density at radius 3 is 2.68 bits per heavy atom. The van der Waals surface area contributed by atoms with Crippen molar-refractivity contribution in [2.24, 2.45) is 4.99 Å². The summed E-state index contributed by atoms with van der Waals surface area (Å²) in [6.07, 6.45) is 0. The van der Waals surface area contributed by atoms with Gasteiger partial charge in [0.1, 0.15) is 6.54 Å². The number of hydrogen-bond acceptors (Lipinski definition) is 4. The van der Waals surface area contributed by atoms with Gasteiger partial charge in [0.15, 0.2) is 5.96 Å². The summed E-state index contributed by atoms with van der Waals surface area (Å²) < 4.78 is 0. The van der Waals surface area contributed by atoms with Crippen LogP contribution in [0.5, 0.6) is 0 Å². The topological polar surface area (TPSA) is 53.5 Å². The Balaban J connectivity index is 1.54. The zero-order chi connectivity index (χ0) is 17.1. The van der Waals surface area contributed by atoms with Gasteiger partial charge in [-0.3, -0.25) is 10.1 Å². The molecule has 0 saturated carbocycles. The molecule has 0 atom stereocenters. The van der Waals surface area contributed by atoms with Crippen molar-refractivity contribution in [2.75, 3.05) is 6.54 Å². The normalized spacial score (nSPS) is 13.6. The summed E-state index contributed by atoms with van der Waals surface area (Å²) in [6.45, 7) is 0.833. The highest BCUT2D eigenvalue weighted by Gasteiger charge is 2.12. The summed E-state index contributed by atoms with van der Waals surface area (Å²) in [5.41, 5.74) is 1.18. The van der Waals surface area contributed by atoms with E-state index in [0.29, 0.717) is 12.5 Å². The lowest BCUT2D eigenvalue weighted by atomic mass is 10.0. The van der Waals surface area contributed by atoms with Crippen molar-refractivity contribution in [1.82, 2.24) is 10.6 Å². The molecule has 1 heterocycles. The maximum absolute atomic E-state index is 11.2. The van der Waals surface area contributed by atoms with Gasteiger partial charge in [-0.2, -0.15) is 0 Å². The number of nitrogens with zero attached hydrogens (tertiary/aromatic N) is 1. The number of hydrogen-bond donors (Lipinski definition) is 2. The third-order valence-electron chi connectivity index (χ3n) is 4.01. The molecule has 1 amide bonds. The van der Waals surface area contributed by atoms with Crippen LogP contribution in [0.4, 0.5) is 0 Å². The molecule has 2 N–H and O–H groups in total. The molecule has 3 aromatic rings. The largest absolute Gasteiger partial charge is 0.352 e. The highest BCUT2D eigenvalue weighted by molar-refractivity contribution is 7.99. The number of rotatable bonds is 4. The quantitative estimate of drug-likeness (QED) is 0.759. The highest BCUT2D eigenvalue weighted by atomic mass is 32.2. The molecule has 0 bridgehead atoms. The van der Waals surface area contributed by atoms with E-state index in [1.807, 2.05) is 6.07 Å². The van der Waals surface area contributed by atoms with Gasteiger partial charge in [0.05, 0.1) is 0 Å². The van der Waals surface area contributed by atoms with E-state index in [1.54, 1.807) is 11.8 Å².